The van der Waals surface area contributed by atoms with E-state index in [9.17, 15) is 9.59 Å². The molecule has 0 saturated heterocycles. The summed E-state index contributed by atoms with van der Waals surface area (Å²) in [6, 6.07) is -0.500. The minimum Gasteiger partial charge on any atom is -0.466 e. The van der Waals surface area contributed by atoms with E-state index < -0.39 is 17.7 Å². The number of nitrogens with one attached hydrogen (secondary N) is 1. The van der Waals surface area contributed by atoms with Crippen LogP contribution in [-0.4, -0.2) is 36.9 Å². The van der Waals surface area contributed by atoms with Crippen molar-refractivity contribution in [2.24, 2.45) is 11.0 Å². The lowest BCUT2D eigenvalue weighted by Crippen LogP contribution is -2.44. The molecular formula is C13H24N4O4. The van der Waals surface area contributed by atoms with Crippen molar-refractivity contribution in [3.05, 3.63) is 10.4 Å². The summed E-state index contributed by atoms with van der Waals surface area (Å²) in [5, 5.41) is 6.08. The molecule has 0 fully saturated rings. The zero-order chi connectivity index (χ0) is 16.5. The molecule has 8 heteroatoms. The van der Waals surface area contributed by atoms with Crippen LogP contribution in [0.1, 0.15) is 41.0 Å². The van der Waals surface area contributed by atoms with Crippen molar-refractivity contribution in [1.29, 1.82) is 0 Å². The lowest BCUT2D eigenvalue weighted by molar-refractivity contribution is -0.144. The third-order valence-electron chi connectivity index (χ3n) is 2.52. The van der Waals surface area contributed by atoms with E-state index in [1.165, 1.54) is 0 Å². The number of nitrogens with zero attached hydrogens (tertiary/aromatic N) is 3. The van der Waals surface area contributed by atoms with Crippen LogP contribution in [0.25, 0.3) is 10.4 Å². The Morgan fingerprint density at radius 2 is 2.00 bits per heavy atom. The smallest absolute Gasteiger partial charge is 0.407 e. The van der Waals surface area contributed by atoms with Gasteiger partial charge in [-0.05, 0) is 39.1 Å². The second-order valence-electron chi connectivity index (χ2n) is 5.65. The Morgan fingerprint density at radius 3 is 2.48 bits per heavy atom. The van der Waals surface area contributed by atoms with Crippen LogP contribution in [0.15, 0.2) is 5.11 Å². The number of hydrogen-bond acceptors (Lipinski definition) is 5. The Kier molecular flexibility index (Phi) is 8.23. The van der Waals surface area contributed by atoms with E-state index in [1.54, 1.807) is 34.6 Å². The molecule has 0 aliphatic rings. The summed E-state index contributed by atoms with van der Waals surface area (Å²) in [5.41, 5.74) is 7.78. The van der Waals surface area contributed by atoms with Crippen LogP contribution in [0.2, 0.25) is 0 Å². The first-order chi connectivity index (χ1) is 9.69. The van der Waals surface area contributed by atoms with Crippen molar-refractivity contribution in [3.63, 3.8) is 0 Å². The Labute approximate surface area is 124 Å². The van der Waals surface area contributed by atoms with Gasteiger partial charge in [-0.1, -0.05) is 12.0 Å². The maximum Gasteiger partial charge on any atom is 0.407 e. The third kappa shape index (κ3) is 9.56. The van der Waals surface area contributed by atoms with Gasteiger partial charge < -0.3 is 14.8 Å². The molecule has 0 aromatic carbocycles. The predicted molar refractivity (Wildman–Crippen MR) is 77.6 cm³/mol. The maximum absolute atomic E-state index is 11.8. The summed E-state index contributed by atoms with van der Waals surface area (Å²) < 4.78 is 10.0. The van der Waals surface area contributed by atoms with Crippen molar-refractivity contribution in [1.82, 2.24) is 5.32 Å². The van der Waals surface area contributed by atoms with Crippen molar-refractivity contribution in [3.8, 4) is 0 Å². The van der Waals surface area contributed by atoms with Gasteiger partial charge in [0.2, 0.25) is 0 Å². The van der Waals surface area contributed by atoms with Crippen molar-refractivity contribution < 1.29 is 19.1 Å². The van der Waals surface area contributed by atoms with Gasteiger partial charge in [0.1, 0.15) is 5.60 Å². The second-order valence-corrected chi connectivity index (χ2v) is 5.65. The number of carbonyl (C=O) groups excluding carboxylic acids is 2. The summed E-state index contributed by atoms with van der Waals surface area (Å²) in [6.07, 6.45) is -0.494. The lowest BCUT2D eigenvalue weighted by atomic mass is 9.98. The number of carbonyl (C=O) groups is 2. The molecule has 0 aliphatic heterocycles. The first-order valence-corrected chi connectivity index (χ1v) is 6.85. The van der Waals surface area contributed by atoms with E-state index in [2.05, 4.69) is 15.3 Å². The normalized spacial score (nSPS) is 13.6. The van der Waals surface area contributed by atoms with Crippen LogP contribution in [0.5, 0.6) is 0 Å². The topological polar surface area (TPSA) is 113 Å². The van der Waals surface area contributed by atoms with Crippen LogP contribution in [0, 0.1) is 5.92 Å². The van der Waals surface area contributed by atoms with E-state index in [-0.39, 0.29) is 24.9 Å². The molecule has 0 rings (SSSR count). The maximum atomic E-state index is 11.8. The summed E-state index contributed by atoms with van der Waals surface area (Å²) in [4.78, 5) is 25.9. The Hall–Kier alpha value is -1.95. The molecule has 0 spiro atoms. The predicted octanol–water partition coefficient (Wildman–Crippen LogP) is 2.78. The Morgan fingerprint density at radius 1 is 1.38 bits per heavy atom. The third-order valence-corrected chi connectivity index (χ3v) is 2.52. The van der Waals surface area contributed by atoms with Crippen molar-refractivity contribution >= 4 is 12.1 Å². The number of alkyl carbamates (subject to hydrolysis) is 1. The largest absolute Gasteiger partial charge is 0.466 e. The molecule has 2 atom stereocenters. The molecular weight excluding hydrogens is 276 g/mol. The molecule has 120 valence electrons. The number of azide groups is 1. The van der Waals surface area contributed by atoms with Crippen LogP contribution in [0.3, 0.4) is 0 Å². The SMILES string of the molecule is CCOC(=O)C[C@@H](C)[C@@H](CN=[N+]=[N-])NC(=O)OC(C)(C)C. The first-order valence-electron chi connectivity index (χ1n) is 6.85. The molecule has 21 heavy (non-hydrogen) atoms. The quantitative estimate of drug-likeness (QED) is 0.337. The van der Waals surface area contributed by atoms with E-state index in [0.717, 1.165) is 0 Å². The van der Waals surface area contributed by atoms with Gasteiger partial charge in [-0.15, -0.1) is 0 Å². The van der Waals surface area contributed by atoms with E-state index in [1.807, 2.05) is 0 Å². The molecule has 0 bridgehead atoms. The average molecular weight is 300 g/mol. The average Bonchev–Trinajstić information content (AvgIpc) is 2.32. The number of hydrogen-bond donors (Lipinski definition) is 1. The summed E-state index contributed by atoms with van der Waals surface area (Å²) in [7, 11) is 0. The summed E-state index contributed by atoms with van der Waals surface area (Å²) in [6.45, 7) is 9.07. The van der Waals surface area contributed by atoms with Gasteiger partial charge in [-0.2, -0.15) is 0 Å². The molecule has 0 radical (unpaired) electrons. The molecule has 0 heterocycles. The van der Waals surface area contributed by atoms with Gasteiger partial charge in [0.15, 0.2) is 0 Å². The molecule has 1 amide bonds. The highest BCUT2D eigenvalue weighted by Gasteiger charge is 2.24. The number of esters is 1. The minimum atomic E-state index is -0.627. The van der Waals surface area contributed by atoms with E-state index >= 15 is 0 Å². The number of ether oxygens (including phenoxy) is 2. The zero-order valence-electron chi connectivity index (χ0n) is 13.3. The van der Waals surface area contributed by atoms with Gasteiger partial charge in [0.25, 0.3) is 0 Å². The Balaban J connectivity index is 4.66. The standard InChI is InChI=1S/C13H24N4O4/c1-6-20-11(18)7-9(2)10(8-15-17-14)16-12(19)21-13(3,4)5/h9-10H,6-8H2,1-5H3,(H,16,19)/t9-,10-/m1/s1. The van der Waals surface area contributed by atoms with Crippen LogP contribution in [-0.2, 0) is 14.3 Å². The van der Waals surface area contributed by atoms with Gasteiger partial charge in [-0.25, -0.2) is 4.79 Å². The Bertz CT molecular complexity index is 399. The van der Waals surface area contributed by atoms with Gasteiger partial charge >= 0.3 is 12.1 Å². The van der Waals surface area contributed by atoms with Crippen LogP contribution < -0.4 is 5.32 Å². The summed E-state index contributed by atoms with van der Waals surface area (Å²) in [5.74, 6) is -0.607. The molecule has 0 aromatic rings. The van der Waals surface area contributed by atoms with Gasteiger partial charge in [0, 0.05) is 17.5 Å². The fourth-order valence-electron chi connectivity index (χ4n) is 1.58. The number of rotatable bonds is 7. The highest BCUT2D eigenvalue weighted by molar-refractivity contribution is 5.70. The van der Waals surface area contributed by atoms with Crippen LogP contribution >= 0.6 is 0 Å². The monoisotopic (exact) mass is 300 g/mol. The fraction of sp³-hybridized carbons (Fsp3) is 0.846. The summed E-state index contributed by atoms with van der Waals surface area (Å²) >= 11 is 0. The van der Waals surface area contributed by atoms with E-state index in [0.29, 0.717) is 6.61 Å². The van der Waals surface area contributed by atoms with Gasteiger partial charge in [0.05, 0.1) is 13.0 Å². The first kappa shape index (κ1) is 19.1. The highest BCUT2D eigenvalue weighted by atomic mass is 16.6. The molecule has 0 saturated carbocycles. The minimum absolute atomic E-state index is 0.0380. The fourth-order valence-corrected chi connectivity index (χ4v) is 1.58. The van der Waals surface area contributed by atoms with E-state index in [4.69, 9.17) is 15.0 Å². The zero-order valence-corrected chi connectivity index (χ0v) is 13.3. The molecule has 1 N–H and O–H groups in total. The number of amides is 1. The van der Waals surface area contributed by atoms with Crippen molar-refractivity contribution in [2.45, 2.75) is 52.7 Å². The highest BCUT2D eigenvalue weighted by Crippen LogP contribution is 2.12. The molecule has 8 nitrogen and oxygen atoms in total. The molecule has 0 aliphatic carbocycles. The lowest BCUT2D eigenvalue weighted by Gasteiger charge is -2.26. The van der Waals surface area contributed by atoms with Crippen LogP contribution in [0.4, 0.5) is 4.79 Å². The molecule has 0 unspecified atom stereocenters. The molecule has 0 aromatic heterocycles. The second kappa shape index (κ2) is 9.07. The van der Waals surface area contributed by atoms with Gasteiger partial charge in [-0.3, -0.25) is 4.79 Å². The van der Waals surface area contributed by atoms with Crippen molar-refractivity contribution in [2.75, 3.05) is 13.2 Å².